The van der Waals surface area contributed by atoms with E-state index in [1.54, 1.807) is 18.2 Å². The second-order valence-corrected chi connectivity index (χ2v) is 11.3. The summed E-state index contributed by atoms with van der Waals surface area (Å²) in [5.41, 5.74) is 2.47. The number of aromatic nitrogens is 2. The number of nitrogens with one attached hydrogen (secondary N) is 1. The maximum absolute atomic E-state index is 13.4. The molecule has 36 heavy (non-hydrogen) atoms. The highest BCUT2D eigenvalue weighted by atomic mass is 32.2. The van der Waals surface area contributed by atoms with E-state index in [2.05, 4.69) is 15.5 Å². The Morgan fingerprint density at radius 1 is 1.22 bits per heavy atom. The normalized spacial score (nSPS) is 16.8. The van der Waals surface area contributed by atoms with Gasteiger partial charge in [-0.2, -0.15) is 9.29 Å². The fraction of sp³-hybridized carbons (Fsp3) is 0.423. The molecule has 1 aliphatic rings. The Balaban J connectivity index is 1.40. The Labute approximate surface area is 211 Å². The molecule has 1 aromatic heterocycles. The van der Waals surface area contributed by atoms with Crippen molar-refractivity contribution < 1.29 is 22.5 Å². The minimum absolute atomic E-state index is 0.124. The van der Waals surface area contributed by atoms with Crippen molar-refractivity contribution in [2.24, 2.45) is 5.92 Å². The van der Waals surface area contributed by atoms with E-state index in [1.165, 1.54) is 11.4 Å². The second kappa shape index (κ2) is 10.8. The smallest absolute Gasteiger partial charge is 0.246 e. The van der Waals surface area contributed by atoms with Gasteiger partial charge in [0.1, 0.15) is 10.6 Å². The van der Waals surface area contributed by atoms with Crippen molar-refractivity contribution in [2.75, 3.05) is 25.5 Å². The van der Waals surface area contributed by atoms with Gasteiger partial charge in [0.15, 0.2) is 5.82 Å². The van der Waals surface area contributed by atoms with Gasteiger partial charge in [-0.25, -0.2) is 8.42 Å². The summed E-state index contributed by atoms with van der Waals surface area (Å²) in [6.45, 7) is 6.32. The molecule has 0 bridgehead atoms. The highest BCUT2D eigenvalue weighted by Crippen LogP contribution is 2.31. The molecular formula is C26H32N4O5S. The summed E-state index contributed by atoms with van der Waals surface area (Å²) in [6.07, 6.45) is 1.76. The van der Waals surface area contributed by atoms with Gasteiger partial charge in [0.2, 0.25) is 21.8 Å². The number of sulfonamides is 1. The van der Waals surface area contributed by atoms with E-state index in [0.717, 1.165) is 11.1 Å². The van der Waals surface area contributed by atoms with Crippen molar-refractivity contribution in [2.45, 2.75) is 50.8 Å². The molecule has 0 unspecified atom stereocenters. The first-order chi connectivity index (χ1) is 17.2. The van der Waals surface area contributed by atoms with Crippen LogP contribution in [0, 0.1) is 12.8 Å². The SMILES string of the molecule is COc1ccc(C)cc1S(=O)(=O)N1CCC[C@H](C(=O)Nc2ccc(Cc3noc(C(C)C)n3)cc2)C1. The van der Waals surface area contributed by atoms with Crippen LogP contribution in [-0.2, 0) is 21.2 Å². The van der Waals surface area contributed by atoms with Gasteiger partial charge in [0.25, 0.3) is 0 Å². The van der Waals surface area contributed by atoms with Crippen molar-refractivity contribution in [3.63, 3.8) is 0 Å². The molecule has 1 saturated heterocycles. The first-order valence-electron chi connectivity index (χ1n) is 12.0. The number of carbonyl (C=O) groups excluding carboxylic acids is 1. The zero-order valence-corrected chi connectivity index (χ0v) is 21.8. The third-order valence-corrected chi connectivity index (χ3v) is 8.14. The van der Waals surface area contributed by atoms with Crippen LogP contribution in [0.3, 0.4) is 0 Å². The second-order valence-electron chi connectivity index (χ2n) is 9.42. The first kappa shape index (κ1) is 25.8. The number of methoxy groups -OCH3 is 1. The van der Waals surface area contributed by atoms with E-state index >= 15 is 0 Å². The number of hydrogen-bond donors (Lipinski definition) is 1. The molecule has 2 heterocycles. The van der Waals surface area contributed by atoms with Crippen molar-refractivity contribution in [1.82, 2.24) is 14.4 Å². The van der Waals surface area contributed by atoms with Crippen molar-refractivity contribution >= 4 is 21.6 Å². The molecule has 9 nitrogen and oxygen atoms in total. The van der Waals surface area contributed by atoms with E-state index < -0.39 is 15.9 Å². The minimum Gasteiger partial charge on any atom is -0.495 e. The van der Waals surface area contributed by atoms with Gasteiger partial charge in [-0.15, -0.1) is 0 Å². The van der Waals surface area contributed by atoms with Gasteiger partial charge in [-0.3, -0.25) is 4.79 Å². The van der Waals surface area contributed by atoms with Crippen LogP contribution in [0.25, 0.3) is 0 Å². The lowest BCUT2D eigenvalue weighted by atomic mass is 9.98. The van der Waals surface area contributed by atoms with E-state index in [-0.39, 0.29) is 23.3 Å². The molecule has 0 saturated carbocycles. The van der Waals surface area contributed by atoms with Crippen molar-refractivity contribution in [3.05, 3.63) is 65.3 Å². The topological polar surface area (TPSA) is 115 Å². The quantitative estimate of drug-likeness (QED) is 0.482. The zero-order valence-electron chi connectivity index (χ0n) is 21.0. The average Bonchev–Trinajstić information content (AvgIpc) is 3.34. The zero-order chi connectivity index (χ0) is 25.9. The Bertz CT molecular complexity index is 1320. The highest BCUT2D eigenvalue weighted by Gasteiger charge is 2.35. The number of rotatable bonds is 8. The Kier molecular flexibility index (Phi) is 7.75. The van der Waals surface area contributed by atoms with Crippen LogP contribution in [0.2, 0.25) is 0 Å². The summed E-state index contributed by atoms with van der Waals surface area (Å²) >= 11 is 0. The Morgan fingerprint density at radius 3 is 2.64 bits per heavy atom. The van der Waals surface area contributed by atoms with Gasteiger partial charge in [-0.05, 0) is 55.2 Å². The van der Waals surface area contributed by atoms with Crippen LogP contribution < -0.4 is 10.1 Å². The fourth-order valence-electron chi connectivity index (χ4n) is 4.21. The van der Waals surface area contributed by atoms with Gasteiger partial charge in [0, 0.05) is 31.1 Å². The van der Waals surface area contributed by atoms with Gasteiger partial charge in [-0.1, -0.05) is 37.2 Å². The average molecular weight is 513 g/mol. The standard InChI is InChI=1S/C26H32N4O5S/c1-17(2)26-28-24(29-35-26)15-19-8-10-21(11-9-19)27-25(31)20-6-5-13-30(16-20)36(32,33)23-14-18(3)7-12-22(23)34-4/h7-12,14,17,20H,5-6,13,15-16H2,1-4H3,(H,27,31)/t20-/m0/s1. The molecule has 192 valence electrons. The lowest BCUT2D eigenvalue weighted by Gasteiger charge is -2.31. The molecule has 2 aromatic carbocycles. The number of amides is 1. The number of aryl methyl sites for hydroxylation is 1. The molecule has 0 aliphatic carbocycles. The molecule has 1 aliphatic heterocycles. The molecule has 1 atom stereocenters. The summed E-state index contributed by atoms with van der Waals surface area (Å²) in [4.78, 5) is 17.5. The van der Waals surface area contributed by atoms with Gasteiger partial charge >= 0.3 is 0 Å². The molecule has 1 N–H and O–H groups in total. The minimum atomic E-state index is -3.80. The van der Waals surface area contributed by atoms with E-state index in [1.807, 2.05) is 45.0 Å². The molecule has 3 aromatic rings. The molecule has 0 spiro atoms. The molecule has 1 amide bonds. The Hall–Kier alpha value is -3.24. The number of anilines is 1. The first-order valence-corrected chi connectivity index (χ1v) is 13.5. The maximum Gasteiger partial charge on any atom is 0.246 e. The predicted octanol–water partition coefficient (Wildman–Crippen LogP) is 4.14. The Morgan fingerprint density at radius 2 is 1.97 bits per heavy atom. The summed E-state index contributed by atoms with van der Waals surface area (Å²) in [5.74, 6) is 1.06. The van der Waals surface area contributed by atoms with Gasteiger partial charge < -0.3 is 14.6 Å². The molecule has 0 radical (unpaired) electrons. The number of piperidine rings is 1. The molecule has 1 fully saturated rings. The number of nitrogens with zero attached hydrogens (tertiary/aromatic N) is 3. The van der Waals surface area contributed by atoms with Crippen molar-refractivity contribution in [1.29, 1.82) is 0 Å². The van der Waals surface area contributed by atoms with Crippen LogP contribution in [0.5, 0.6) is 5.75 Å². The monoisotopic (exact) mass is 512 g/mol. The van der Waals surface area contributed by atoms with Crippen LogP contribution in [0.1, 0.15) is 55.4 Å². The van der Waals surface area contributed by atoms with E-state index in [9.17, 15) is 13.2 Å². The largest absolute Gasteiger partial charge is 0.495 e. The lowest BCUT2D eigenvalue weighted by Crippen LogP contribution is -2.43. The molecular weight excluding hydrogens is 480 g/mol. The third kappa shape index (κ3) is 5.76. The van der Waals surface area contributed by atoms with Crippen LogP contribution in [0.4, 0.5) is 5.69 Å². The highest BCUT2D eigenvalue weighted by molar-refractivity contribution is 7.89. The fourth-order valence-corrected chi connectivity index (χ4v) is 5.97. The third-order valence-electron chi connectivity index (χ3n) is 6.25. The maximum atomic E-state index is 13.4. The number of ether oxygens (including phenoxy) is 1. The van der Waals surface area contributed by atoms with Crippen molar-refractivity contribution in [3.8, 4) is 5.75 Å². The number of carbonyl (C=O) groups is 1. The summed E-state index contributed by atoms with van der Waals surface area (Å²) in [6, 6.07) is 12.5. The predicted molar refractivity (Wildman–Crippen MR) is 135 cm³/mol. The molecule has 4 rings (SSSR count). The van der Waals surface area contributed by atoms with Crippen LogP contribution >= 0.6 is 0 Å². The van der Waals surface area contributed by atoms with E-state index in [0.29, 0.717) is 49.0 Å². The van der Waals surface area contributed by atoms with Crippen LogP contribution in [-0.4, -0.2) is 49.0 Å². The molecule has 10 heteroatoms. The summed E-state index contributed by atoms with van der Waals surface area (Å²) < 4.78 is 38.7. The van der Waals surface area contributed by atoms with Crippen LogP contribution in [0.15, 0.2) is 51.9 Å². The number of benzene rings is 2. The summed E-state index contributed by atoms with van der Waals surface area (Å²) in [7, 11) is -2.35. The van der Waals surface area contributed by atoms with Gasteiger partial charge in [0.05, 0.1) is 13.0 Å². The number of hydrogen-bond acceptors (Lipinski definition) is 7. The summed E-state index contributed by atoms with van der Waals surface area (Å²) in [5, 5.41) is 6.94. The van der Waals surface area contributed by atoms with E-state index in [4.69, 9.17) is 9.26 Å². The lowest BCUT2D eigenvalue weighted by molar-refractivity contribution is -0.120.